The number of carbonyl (C=O) groups excluding carboxylic acids is 1. The fourth-order valence-corrected chi connectivity index (χ4v) is 2.80. The van der Waals surface area contributed by atoms with Crippen LogP contribution in [-0.2, 0) is 26.6 Å². The minimum Gasteiger partial charge on any atom is -0.342 e. The molecule has 1 saturated heterocycles. The third-order valence-corrected chi connectivity index (χ3v) is 4.04. The molecule has 0 aromatic heterocycles. The molecule has 2 aromatic carbocycles. The number of morpholine rings is 1. The van der Waals surface area contributed by atoms with Crippen LogP contribution in [0, 0.1) is 11.6 Å². The topological polar surface area (TPSA) is 38.8 Å². The van der Waals surface area contributed by atoms with E-state index in [1.54, 1.807) is 4.90 Å². The number of carbonyl (C=O) groups is 1. The van der Waals surface area contributed by atoms with Crippen molar-refractivity contribution in [2.24, 2.45) is 0 Å². The summed E-state index contributed by atoms with van der Waals surface area (Å²) in [6.45, 7) is 1.01. The maximum atomic E-state index is 13.6. The summed E-state index contributed by atoms with van der Waals surface area (Å²) in [5.41, 5.74) is 1.09. The quantitative estimate of drug-likeness (QED) is 0.864. The van der Waals surface area contributed by atoms with E-state index in [2.05, 4.69) is 0 Å². The van der Waals surface area contributed by atoms with Gasteiger partial charge in [0.25, 0.3) is 11.7 Å². The largest absolute Gasteiger partial charge is 0.342 e. The summed E-state index contributed by atoms with van der Waals surface area (Å²) in [7, 11) is 1.31. The van der Waals surface area contributed by atoms with Crippen molar-refractivity contribution in [1.82, 2.24) is 4.90 Å². The van der Waals surface area contributed by atoms with Crippen LogP contribution in [0.4, 0.5) is 8.78 Å². The third kappa shape index (κ3) is 2.90. The molecule has 1 fully saturated rings. The van der Waals surface area contributed by atoms with Crippen LogP contribution in [0.5, 0.6) is 0 Å². The number of halogens is 2. The summed E-state index contributed by atoms with van der Waals surface area (Å²) in [5, 5.41) is 0. The number of ether oxygens (including phenoxy) is 2. The first kappa shape index (κ1) is 16.5. The molecule has 2 aromatic rings. The van der Waals surface area contributed by atoms with Gasteiger partial charge in [-0.2, -0.15) is 0 Å². The highest BCUT2D eigenvalue weighted by atomic mass is 19.2. The van der Waals surface area contributed by atoms with Gasteiger partial charge >= 0.3 is 0 Å². The van der Waals surface area contributed by atoms with Gasteiger partial charge in [-0.3, -0.25) is 4.79 Å². The van der Waals surface area contributed by atoms with Gasteiger partial charge in [0.15, 0.2) is 11.6 Å². The summed E-state index contributed by atoms with van der Waals surface area (Å²) in [6.07, 6.45) is 0. The van der Waals surface area contributed by atoms with Gasteiger partial charge in [-0.05, 0) is 23.8 Å². The molecule has 1 atom stereocenters. The zero-order chi connectivity index (χ0) is 17.2. The maximum Gasteiger partial charge on any atom is 0.288 e. The molecule has 0 bridgehead atoms. The maximum absolute atomic E-state index is 13.6. The minimum absolute atomic E-state index is 0.131. The Morgan fingerprint density at radius 1 is 1.17 bits per heavy atom. The molecule has 1 amide bonds. The predicted molar refractivity (Wildman–Crippen MR) is 82.9 cm³/mol. The SMILES string of the molecule is COC1(c2ccc(F)c(F)c2)OCCN(Cc2ccccc2)C1=O. The van der Waals surface area contributed by atoms with E-state index >= 15 is 0 Å². The summed E-state index contributed by atoms with van der Waals surface area (Å²) < 4.78 is 37.7. The average Bonchev–Trinajstić information content (AvgIpc) is 2.60. The Labute approximate surface area is 138 Å². The zero-order valence-electron chi connectivity index (χ0n) is 13.2. The van der Waals surface area contributed by atoms with Crippen LogP contribution < -0.4 is 0 Å². The molecule has 1 unspecified atom stereocenters. The summed E-state index contributed by atoms with van der Waals surface area (Å²) >= 11 is 0. The first-order chi connectivity index (χ1) is 11.6. The second kappa shape index (κ2) is 6.67. The summed E-state index contributed by atoms with van der Waals surface area (Å²) in [5.74, 6) is -4.25. The molecule has 0 spiro atoms. The third-order valence-electron chi connectivity index (χ3n) is 4.04. The lowest BCUT2D eigenvalue weighted by molar-refractivity contribution is -0.251. The molecule has 0 radical (unpaired) electrons. The molecule has 1 aliphatic heterocycles. The lowest BCUT2D eigenvalue weighted by atomic mass is 10.0. The Morgan fingerprint density at radius 2 is 1.92 bits per heavy atom. The van der Waals surface area contributed by atoms with Gasteiger partial charge in [0.05, 0.1) is 6.61 Å². The highest BCUT2D eigenvalue weighted by Crippen LogP contribution is 2.33. The summed E-state index contributed by atoms with van der Waals surface area (Å²) in [4.78, 5) is 14.5. The Morgan fingerprint density at radius 3 is 2.58 bits per heavy atom. The van der Waals surface area contributed by atoms with Crippen molar-refractivity contribution in [3.05, 3.63) is 71.3 Å². The minimum atomic E-state index is -1.76. The van der Waals surface area contributed by atoms with Gasteiger partial charge < -0.3 is 14.4 Å². The van der Waals surface area contributed by atoms with E-state index < -0.39 is 23.3 Å². The van der Waals surface area contributed by atoms with Gasteiger partial charge in [0.1, 0.15) is 0 Å². The molecule has 3 rings (SSSR count). The van der Waals surface area contributed by atoms with Crippen LogP contribution in [0.3, 0.4) is 0 Å². The molecule has 24 heavy (non-hydrogen) atoms. The van der Waals surface area contributed by atoms with E-state index in [-0.39, 0.29) is 12.2 Å². The van der Waals surface area contributed by atoms with Crippen molar-refractivity contribution in [3.8, 4) is 0 Å². The van der Waals surface area contributed by atoms with E-state index in [0.717, 1.165) is 17.7 Å². The molecule has 4 nitrogen and oxygen atoms in total. The van der Waals surface area contributed by atoms with Crippen LogP contribution in [0.2, 0.25) is 0 Å². The standard InChI is InChI=1S/C18H17F2NO3/c1-23-18(14-7-8-15(19)16(20)11-14)17(22)21(9-10-24-18)12-13-5-3-2-4-6-13/h2-8,11H,9-10,12H2,1H3. The van der Waals surface area contributed by atoms with E-state index in [9.17, 15) is 13.6 Å². The number of methoxy groups -OCH3 is 1. The second-order valence-corrected chi connectivity index (χ2v) is 5.51. The van der Waals surface area contributed by atoms with E-state index in [0.29, 0.717) is 13.1 Å². The van der Waals surface area contributed by atoms with Crippen LogP contribution in [0.1, 0.15) is 11.1 Å². The van der Waals surface area contributed by atoms with Crippen LogP contribution >= 0.6 is 0 Å². The average molecular weight is 333 g/mol. The fraction of sp³-hybridized carbons (Fsp3) is 0.278. The van der Waals surface area contributed by atoms with E-state index in [1.807, 2.05) is 30.3 Å². The molecule has 1 aliphatic rings. The normalized spacial score (nSPS) is 21.1. The van der Waals surface area contributed by atoms with Crippen LogP contribution in [-0.4, -0.2) is 31.1 Å². The molecule has 126 valence electrons. The molecular weight excluding hydrogens is 316 g/mol. The van der Waals surface area contributed by atoms with Crippen LogP contribution in [0.15, 0.2) is 48.5 Å². The van der Waals surface area contributed by atoms with E-state index in [1.165, 1.54) is 13.2 Å². The summed E-state index contributed by atoms with van der Waals surface area (Å²) in [6, 6.07) is 12.7. The first-order valence-corrected chi connectivity index (χ1v) is 7.55. The number of hydrogen-bond donors (Lipinski definition) is 0. The Bertz CT molecular complexity index is 738. The lowest BCUT2D eigenvalue weighted by Crippen LogP contribution is -2.55. The van der Waals surface area contributed by atoms with Crippen LogP contribution in [0.25, 0.3) is 0 Å². The van der Waals surface area contributed by atoms with E-state index in [4.69, 9.17) is 9.47 Å². The smallest absolute Gasteiger partial charge is 0.288 e. The molecular formula is C18H17F2NO3. The number of rotatable bonds is 4. The number of benzene rings is 2. The van der Waals surface area contributed by atoms with Gasteiger partial charge in [-0.1, -0.05) is 30.3 Å². The molecule has 6 heteroatoms. The van der Waals surface area contributed by atoms with Crippen molar-refractivity contribution in [2.75, 3.05) is 20.3 Å². The number of amides is 1. The highest BCUT2D eigenvalue weighted by Gasteiger charge is 2.48. The van der Waals surface area contributed by atoms with Gasteiger partial charge in [0.2, 0.25) is 0 Å². The number of hydrogen-bond acceptors (Lipinski definition) is 3. The molecule has 1 heterocycles. The first-order valence-electron chi connectivity index (χ1n) is 7.55. The van der Waals surface area contributed by atoms with Crippen molar-refractivity contribution < 1.29 is 23.0 Å². The van der Waals surface area contributed by atoms with Crippen molar-refractivity contribution in [2.45, 2.75) is 12.3 Å². The van der Waals surface area contributed by atoms with Gasteiger partial charge in [0, 0.05) is 25.8 Å². The Kier molecular flexibility index (Phi) is 4.59. The zero-order valence-corrected chi connectivity index (χ0v) is 13.2. The molecule has 0 N–H and O–H groups in total. The molecule has 0 aliphatic carbocycles. The highest BCUT2D eigenvalue weighted by molar-refractivity contribution is 5.85. The Hall–Kier alpha value is -2.31. The number of nitrogens with zero attached hydrogens (tertiary/aromatic N) is 1. The van der Waals surface area contributed by atoms with Crippen molar-refractivity contribution in [3.63, 3.8) is 0 Å². The lowest BCUT2D eigenvalue weighted by Gasteiger charge is -2.40. The van der Waals surface area contributed by atoms with Crippen molar-refractivity contribution >= 4 is 5.91 Å². The second-order valence-electron chi connectivity index (χ2n) is 5.51. The fourth-order valence-electron chi connectivity index (χ4n) is 2.80. The van der Waals surface area contributed by atoms with Gasteiger partial charge in [-0.15, -0.1) is 0 Å². The molecule has 0 saturated carbocycles. The van der Waals surface area contributed by atoms with Gasteiger partial charge in [-0.25, -0.2) is 8.78 Å². The predicted octanol–water partition coefficient (Wildman–Crippen LogP) is 2.82. The van der Waals surface area contributed by atoms with Crippen molar-refractivity contribution in [1.29, 1.82) is 0 Å². The monoisotopic (exact) mass is 333 g/mol. The Balaban J connectivity index is 1.92.